The maximum Gasteiger partial charge on any atom is 0.311 e. The summed E-state index contributed by atoms with van der Waals surface area (Å²) in [4.78, 5) is 11.3. The largest absolute Gasteiger partial charge is 0.481 e. The average Bonchev–Trinajstić information content (AvgIpc) is 3.01. The van der Waals surface area contributed by atoms with Crippen molar-refractivity contribution in [3.63, 3.8) is 0 Å². The van der Waals surface area contributed by atoms with Crippen molar-refractivity contribution >= 4 is 5.97 Å². The number of carbonyl (C=O) groups is 1. The molecule has 0 radical (unpaired) electrons. The van der Waals surface area contributed by atoms with E-state index in [2.05, 4.69) is 32.9 Å². The molecule has 0 amide bonds. The minimum atomic E-state index is -0.684. The Morgan fingerprint density at radius 2 is 1.76 bits per heavy atom. The highest BCUT2D eigenvalue weighted by atomic mass is 16.4. The third-order valence-electron chi connectivity index (χ3n) is 3.50. The van der Waals surface area contributed by atoms with E-state index in [0.29, 0.717) is 5.92 Å². The van der Waals surface area contributed by atoms with Crippen molar-refractivity contribution in [2.24, 2.45) is 5.92 Å². The highest BCUT2D eigenvalue weighted by molar-refractivity contribution is 5.77. The molecule has 1 aliphatic rings. The molecule has 1 saturated carbocycles. The number of rotatable bonds is 3. The van der Waals surface area contributed by atoms with Crippen molar-refractivity contribution in [1.29, 1.82) is 0 Å². The van der Waals surface area contributed by atoms with Gasteiger partial charge < -0.3 is 5.11 Å². The molecule has 1 aliphatic carbocycles. The Kier molecular flexibility index (Phi) is 2.98. The van der Waals surface area contributed by atoms with Crippen LogP contribution >= 0.6 is 0 Å². The molecule has 1 aromatic carbocycles. The van der Waals surface area contributed by atoms with Gasteiger partial charge in [0.25, 0.3) is 0 Å². The molecule has 0 heterocycles. The second kappa shape index (κ2) is 4.17. The molecule has 0 bridgehead atoms. The van der Waals surface area contributed by atoms with Crippen LogP contribution in [0.3, 0.4) is 0 Å². The van der Waals surface area contributed by atoms with Crippen LogP contribution in [0.15, 0.2) is 24.3 Å². The molecule has 2 rings (SSSR count). The lowest BCUT2D eigenvalue weighted by Crippen LogP contribution is -2.15. The van der Waals surface area contributed by atoms with Crippen LogP contribution in [0.5, 0.6) is 0 Å². The molecule has 92 valence electrons. The van der Waals surface area contributed by atoms with Crippen LogP contribution in [0.4, 0.5) is 0 Å². The molecule has 0 aliphatic heterocycles. The molecule has 0 spiro atoms. The normalized spacial score (nSPS) is 17.8. The molecule has 1 N–H and O–H groups in total. The van der Waals surface area contributed by atoms with E-state index in [-0.39, 0.29) is 11.3 Å². The topological polar surface area (TPSA) is 37.3 Å². The first-order chi connectivity index (χ1) is 7.89. The van der Waals surface area contributed by atoms with Crippen LogP contribution in [0.1, 0.15) is 50.7 Å². The molecule has 17 heavy (non-hydrogen) atoms. The predicted octanol–water partition coefficient (Wildman–Crippen LogP) is 3.56. The quantitative estimate of drug-likeness (QED) is 0.865. The first-order valence-corrected chi connectivity index (χ1v) is 6.23. The maximum absolute atomic E-state index is 11.3. The van der Waals surface area contributed by atoms with Gasteiger partial charge in [-0.3, -0.25) is 4.79 Å². The molecular weight excluding hydrogens is 212 g/mol. The summed E-state index contributed by atoms with van der Waals surface area (Å²) >= 11 is 0. The molecule has 1 fully saturated rings. The first-order valence-electron chi connectivity index (χ1n) is 6.23. The summed E-state index contributed by atoms with van der Waals surface area (Å²) in [7, 11) is 0. The van der Waals surface area contributed by atoms with Gasteiger partial charge in [0, 0.05) is 0 Å². The molecule has 1 atom stereocenters. The Morgan fingerprint density at radius 1 is 1.24 bits per heavy atom. The Hall–Kier alpha value is -1.31. The number of benzene rings is 1. The number of hydrogen-bond acceptors (Lipinski definition) is 1. The summed E-state index contributed by atoms with van der Waals surface area (Å²) in [6.45, 7) is 6.49. The molecular formula is C15H20O2. The van der Waals surface area contributed by atoms with E-state index < -0.39 is 5.97 Å². The van der Waals surface area contributed by atoms with Gasteiger partial charge in [0.05, 0.1) is 5.92 Å². The smallest absolute Gasteiger partial charge is 0.311 e. The summed E-state index contributed by atoms with van der Waals surface area (Å²) < 4.78 is 0. The summed E-state index contributed by atoms with van der Waals surface area (Å²) in [5.74, 6) is -0.631. The van der Waals surface area contributed by atoms with Gasteiger partial charge in [0.15, 0.2) is 0 Å². The van der Waals surface area contributed by atoms with Gasteiger partial charge in [0.1, 0.15) is 0 Å². The van der Waals surface area contributed by atoms with Gasteiger partial charge in [-0.25, -0.2) is 0 Å². The fourth-order valence-electron chi connectivity index (χ4n) is 2.24. The van der Waals surface area contributed by atoms with Crippen LogP contribution in [0.25, 0.3) is 0 Å². The van der Waals surface area contributed by atoms with Crippen molar-refractivity contribution in [2.45, 2.75) is 44.9 Å². The second-order valence-electron chi connectivity index (χ2n) is 6.03. The zero-order valence-electron chi connectivity index (χ0n) is 10.7. The summed E-state index contributed by atoms with van der Waals surface area (Å²) in [5.41, 5.74) is 2.32. The number of carboxylic acids is 1. The van der Waals surface area contributed by atoms with Crippen molar-refractivity contribution < 1.29 is 9.90 Å². The van der Waals surface area contributed by atoms with E-state index in [1.807, 2.05) is 12.1 Å². The molecule has 1 unspecified atom stereocenters. The fraction of sp³-hybridized carbons (Fsp3) is 0.533. The zero-order valence-corrected chi connectivity index (χ0v) is 10.7. The number of aliphatic carboxylic acids is 1. The van der Waals surface area contributed by atoms with Crippen molar-refractivity contribution in [1.82, 2.24) is 0 Å². The van der Waals surface area contributed by atoms with Crippen molar-refractivity contribution in [2.75, 3.05) is 0 Å². The predicted molar refractivity (Wildman–Crippen MR) is 68.2 cm³/mol. The minimum Gasteiger partial charge on any atom is -0.481 e. The van der Waals surface area contributed by atoms with E-state index >= 15 is 0 Å². The van der Waals surface area contributed by atoms with E-state index in [1.54, 1.807) is 0 Å². The first kappa shape index (κ1) is 12.2. The Bertz CT molecular complexity index is 408. The monoisotopic (exact) mass is 232 g/mol. The Morgan fingerprint density at radius 3 is 2.12 bits per heavy atom. The molecule has 2 nitrogen and oxygen atoms in total. The lowest BCUT2D eigenvalue weighted by Gasteiger charge is -2.20. The molecule has 2 heteroatoms. The SMILES string of the molecule is CC(C)(C)c1ccc(C(C(=O)O)C2CC2)cc1. The van der Waals surface area contributed by atoms with Crippen LogP contribution in [0.2, 0.25) is 0 Å². The summed E-state index contributed by atoms with van der Waals surface area (Å²) in [6, 6.07) is 8.09. The van der Waals surface area contributed by atoms with Crippen LogP contribution in [0, 0.1) is 5.92 Å². The standard InChI is InChI=1S/C15H20O2/c1-15(2,3)12-8-6-11(7-9-12)13(14(16)17)10-4-5-10/h6-10,13H,4-5H2,1-3H3,(H,16,17). The van der Waals surface area contributed by atoms with Gasteiger partial charge in [0.2, 0.25) is 0 Å². The van der Waals surface area contributed by atoms with Gasteiger partial charge in [-0.1, -0.05) is 45.0 Å². The lowest BCUT2D eigenvalue weighted by molar-refractivity contribution is -0.139. The van der Waals surface area contributed by atoms with Crippen molar-refractivity contribution in [3.05, 3.63) is 35.4 Å². The van der Waals surface area contributed by atoms with Gasteiger partial charge >= 0.3 is 5.97 Å². The molecule has 1 aromatic rings. The Labute approximate surface area is 103 Å². The molecule has 0 saturated heterocycles. The van der Waals surface area contributed by atoms with Crippen LogP contribution in [-0.2, 0) is 10.2 Å². The van der Waals surface area contributed by atoms with Gasteiger partial charge in [-0.2, -0.15) is 0 Å². The van der Waals surface area contributed by atoms with Gasteiger partial charge in [-0.05, 0) is 35.3 Å². The van der Waals surface area contributed by atoms with Crippen LogP contribution < -0.4 is 0 Å². The summed E-state index contributed by atoms with van der Waals surface area (Å²) in [6.07, 6.45) is 2.11. The summed E-state index contributed by atoms with van der Waals surface area (Å²) in [5, 5.41) is 9.27. The molecule has 0 aromatic heterocycles. The zero-order chi connectivity index (χ0) is 12.6. The highest BCUT2D eigenvalue weighted by Gasteiger charge is 2.37. The van der Waals surface area contributed by atoms with E-state index in [0.717, 1.165) is 18.4 Å². The van der Waals surface area contributed by atoms with Crippen molar-refractivity contribution in [3.8, 4) is 0 Å². The number of hydrogen-bond donors (Lipinski definition) is 1. The number of carboxylic acid groups (broad SMARTS) is 1. The Balaban J connectivity index is 2.24. The van der Waals surface area contributed by atoms with E-state index in [1.165, 1.54) is 5.56 Å². The maximum atomic E-state index is 11.3. The third kappa shape index (κ3) is 2.68. The highest BCUT2D eigenvalue weighted by Crippen LogP contribution is 2.43. The second-order valence-corrected chi connectivity index (χ2v) is 6.03. The van der Waals surface area contributed by atoms with E-state index in [4.69, 9.17) is 0 Å². The lowest BCUT2D eigenvalue weighted by atomic mass is 9.85. The van der Waals surface area contributed by atoms with Crippen LogP contribution in [-0.4, -0.2) is 11.1 Å². The average molecular weight is 232 g/mol. The fourth-order valence-corrected chi connectivity index (χ4v) is 2.24. The minimum absolute atomic E-state index is 0.122. The van der Waals surface area contributed by atoms with Gasteiger partial charge in [-0.15, -0.1) is 0 Å². The third-order valence-corrected chi connectivity index (χ3v) is 3.50. The van der Waals surface area contributed by atoms with E-state index in [9.17, 15) is 9.90 Å².